The molecule has 0 saturated heterocycles. The van der Waals surface area contributed by atoms with E-state index in [0.717, 1.165) is 16.0 Å². The average Bonchev–Trinajstić information content (AvgIpc) is 2.47. The van der Waals surface area contributed by atoms with Gasteiger partial charge in [0, 0.05) is 5.75 Å². The van der Waals surface area contributed by atoms with Gasteiger partial charge < -0.3 is 9.73 Å². The van der Waals surface area contributed by atoms with Crippen molar-refractivity contribution in [2.45, 2.75) is 6.04 Å². The topological polar surface area (TPSA) is 25.2 Å². The maximum atomic E-state index is 5.35. The first kappa shape index (κ1) is 10.2. The van der Waals surface area contributed by atoms with Gasteiger partial charge in [-0.25, -0.2) is 0 Å². The number of hydrogen-bond donors (Lipinski definition) is 1. The van der Waals surface area contributed by atoms with Gasteiger partial charge >= 0.3 is 0 Å². The van der Waals surface area contributed by atoms with Crippen molar-refractivity contribution in [3.8, 4) is 0 Å². The number of halogens is 1. The zero-order valence-corrected chi connectivity index (χ0v) is 9.54. The zero-order chi connectivity index (χ0) is 8.97. The van der Waals surface area contributed by atoms with Crippen LogP contribution in [-0.4, -0.2) is 19.1 Å². The van der Waals surface area contributed by atoms with E-state index >= 15 is 0 Å². The molecule has 1 N–H and O–H groups in total. The molecule has 1 aromatic heterocycles. The Kier molecular flexibility index (Phi) is 4.18. The summed E-state index contributed by atoms with van der Waals surface area (Å²) in [4.78, 5) is 0. The minimum Gasteiger partial charge on any atom is -0.466 e. The molecule has 0 aliphatic carbocycles. The molecule has 4 heteroatoms. The van der Waals surface area contributed by atoms with Crippen molar-refractivity contribution < 1.29 is 4.42 Å². The summed E-state index contributed by atoms with van der Waals surface area (Å²) in [5, 5.41) is 3.20. The van der Waals surface area contributed by atoms with Gasteiger partial charge in [0.2, 0.25) is 0 Å². The van der Waals surface area contributed by atoms with Gasteiger partial charge in [0.15, 0.2) is 0 Å². The molecule has 1 rings (SSSR count). The number of thioether (sulfide) groups is 1. The van der Waals surface area contributed by atoms with Crippen LogP contribution in [0.5, 0.6) is 0 Å². The van der Waals surface area contributed by atoms with Crippen LogP contribution in [0.25, 0.3) is 0 Å². The van der Waals surface area contributed by atoms with Crippen LogP contribution in [0, 0.1) is 0 Å². The highest BCUT2D eigenvalue weighted by Crippen LogP contribution is 2.25. The normalized spacial score (nSPS) is 13.2. The van der Waals surface area contributed by atoms with Crippen LogP contribution in [0.2, 0.25) is 0 Å². The highest BCUT2D eigenvalue weighted by molar-refractivity contribution is 9.10. The van der Waals surface area contributed by atoms with E-state index < -0.39 is 0 Å². The summed E-state index contributed by atoms with van der Waals surface area (Å²) in [5.74, 6) is 2.00. The maximum Gasteiger partial charge on any atom is 0.135 e. The second kappa shape index (κ2) is 4.94. The smallest absolute Gasteiger partial charge is 0.135 e. The Balaban J connectivity index is 2.72. The van der Waals surface area contributed by atoms with Crippen molar-refractivity contribution in [3.05, 3.63) is 22.6 Å². The summed E-state index contributed by atoms with van der Waals surface area (Å²) in [6.45, 7) is 0. The number of furan rings is 1. The summed E-state index contributed by atoms with van der Waals surface area (Å²) in [6, 6.07) is 2.21. The van der Waals surface area contributed by atoms with Crippen LogP contribution in [-0.2, 0) is 0 Å². The van der Waals surface area contributed by atoms with E-state index in [1.165, 1.54) is 0 Å². The van der Waals surface area contributed by atoms with E-state index in [4.69, 9.17) is 4.42 Å². The lowest BCUT2D eigenvalue weighted by molar-refractivity contribution is 0.450. The van der Waals surface area contributed by atoms with Crippen LogP contribution in [0.1, 0.15) is 11.8 Å². The molecule has 1 unspecified atom stereocenters. The molecular weight excluding hydrogens is 238 g/mol. The van der Waals surface area contributed by atoms with Crippen molar-refractivity contribution in [3.63, 3.8) is 0 Å². The summed E-state index contributed by atoms with van der Waals surface area (Å²) < 4.78 is 6.39. The fourth-order valence-electron chi connectivity index (χ4n) is 1.01. The van der Waals surface area contributed by atoms with Gasteiger partial charge in [0.25, 0.3) is 0 Å². The minimum absolute atomic E-state index is 0.296. The lowest BCUT2D eigenvalue weighted by Gasteiger charge is -2.11. The number of rotatable bonds is 4. The first-order valence-corrected chi connectivity index (χ1v) is 5.87. The largest absolute Gasteiger partial charge is 0.466 e. The molecule has 1 atom stereocenters. The van der Waals surface area contributed by atoms with Crippen LogP contribution in [0.4, 0.5) is 0 Å². The van der Waals surface area contributed by atoms with Gasteiger partial charge in [-0.2, -0.15) is 11.8 Å². The molecule has 0 aliphatic rings. The molecule has 2 nitrogen and oxygen atoms in total. The third kappa shape index (κ3) is 2.28. The Labute approximate surface area is 85.2 Å². The Morgan fingerprint density at radius 3 is 2.92 bits per heavy atom. The SMILES string of the molecule is CNC(CSC)c1occc1Br. The van der Waals surface area contributed by atoms with E-state index in [9.17, 15) is 0 Å². The number of hydrogen-bond acceptors (Lipinski definition) is 3. The van der Waals surface area contributed by atoms with Gasteiger partial charge in [-0.05, 0) is 35.3 Å². The fourth-order valence-corrected chi connectivity index (χ4v) is 2.14. The van der Waals surface area contributed by atoms with E-state index in [1.54, 1.807) is 18.0 Å². The van der Waals surface area contributed by atoms with Crippen LogP contribution < -0.4 is 5.32 Å². The first-order valence-electron chi connectivity index (χ1n) is 3.68. The first-order chi connectivity index (χ1) is 5.79. The maximum absolute atomic E-state index is 5.35. The molecule has 0 fully saturated rings. The molecule has 0 aromatic carbocycles. The third-order valence-electron chi connectivity index (χ3n) is 1.64. The Morgan fingerprint density at radius 2 is 2.50 bits per heavy atom. The molecule has 0 saturated carbocycles. The predicted octanol–water partition coefficient (Wildman–Crippen LogP) is 2.67. The quantitative estimate of drug-likeness (QED) is 0.889. The van der Waals surface area contributed by atoms with E-state index in [-0.39, 0.29) is 0 Å². The van der Waals surface area contributed by atoms with Crippen molar-refractivity contribution in [1.82, 2.24) is 5.32 Å². The summed E-state index contributed by atoms with van der Waals surface area (Å²) in [7, 11) is 1.94. The Bertz CT molecular complexity index is 239. The standard InChI is InChI=1S/C8H12BrNOS/c1-10-7(5-12-2)8-6(9)3-4-11-8/h3-4,7,10H,5H2,1-2H3. The molecule has 1 aromatic rings. The van der Waals surface area contributed by atoms with Gasteiger partial charge in [0.1, 0.15) is 5.76 Å². The number of nitrogens with one attached hydrogen (secondary N) is 1. The van der Waals surface area contributed by atoms with Crippen molar-refractivity contribution in [2.75, 3.05) is 19.1 Å². The molecule has 0 aliphatic heterocycles. The minimum atomic E-state index is 0.296. The lowest BCUT2D eigenvalue weighted by atomic mass is 10.2. The summed E-state index contributed by atoms with van der Waals surface area (Å²) in [6.07, 6.45) is 3.78. The van der Waals surface area contributed by atoms with Gasteiger partial charge in [-0.15, -0.1) is 0 Å². The summed E-state index contributed by atoms with van der Waals surface area (Å²) >= 11 is 5.23. The Hall–Kier alpha value is 0.0700. The van der Waals surface area contributed by atoms with Crippen LogP contribution in [0.3, 0.4) is 0 Å². The van der Waals surface area contributed by atoms with Crippen molar-refractivity contribution in [1.29, 1.82) is 0 Å². The second-order valence-corrected chi connectivity index (χ2v) is 4.19. The highest BCUT2D eigenvalue weighted by Gasteiger charge is 2.14. The van der Waals surface area contributed by atoms with Crippen molar-refractivity contribution in [2.24, 2.45) is 0 Å². The van der Waals surface area contributed by atoms with Crippen LogP contribution in [0.15, 0.2) is 21.2 Å². The summed E-state index contributed by atoms with van der Waals surface area (Å²) in [5.41, 5.74) is 0. The van der Waals surface area contributed by atoms with Crippen molar-refractivity contribution >= 4 is 27.7 Å². The molecular formula is C8H12BrNOS. The molecule has 0 bridgehead atoms. The second-order valence-electron chi connectivity index (χ2n) is 2.43. The van der Waals surface area contributed by atoms with E-state index in [0.29, 0.717) is 6.04 Å². The molecule has 68 valence electrons. The monoisotopic (exact) mass is 249 g/mol. The average molecular weight is 250 g/mol. The molecule has 0 amide bonds. The lowest BCUT2D eigenvalue weighted by Crippen LogP contribution is -2.18. The van der Waals surface area contributed by atoms with Gasteiger partial charge in [-0.1, -0.05) is 0 Å². The molecule has 12 heavy (non-hydrogen) atoms. The predicted molar refractivity (Wildman–Crippen MR) is 56.6 cm³/mol. The van der Waals surface area contributed by atoms with E-state index in [1.807, 2.05) is 13.1 Å². The fraction of sp³-hybridized carbons (Fsp3) is 0.500. The van der Waals surface area contributed by atoms with Gasteiger partial charge in [0.05, 0.1) is 16.8 Å². The highest BCUT2D eigenvalue weighted by atomic mass is 79.9. The molecule has 0 spiro atoms. The molecule has 1 heterocycles. The van der Waals surface area contributed by atoms with E-state index in [2.05, 4.69) is 27.5 Å². The Morgan fingerprint density at radius 1 is 1.75 bits per heavy atom. The molecule has 0 radical (unpaired) electrons. The van der Waals surface area contributed by atoms with Gasteiger partial charge in [-0.3, -0.25) is 0 Å². The third-order valence-corrected chi connectivity index (χ3v) is 2.96. The zero-order valence-electron chi connectivity index (χ0n) is 7.13. The van der Waals surface area contributed by atoms with Crippen LogP contribution >= 0.6 is 27.7 Å².